The maximum absolute atomic E-state index is 12.0. The summed E-state index contributed by atoms with van der Waals surface area (Å²) in [5.41, 5.74) is 1.14. The van der Waals surface area contributed by atoms with E-state index in [1.54, 1.807) is 19.1 Å². The molecular formula is C12H12N2O3. The van der Waals surface area contributed by atoms with Crippen molar-refractivity contribution >= 4 is 23.3 Å². The summed E-state index contributed by atoms with van der Waals surface area (Å²) in [6.45, 7) is 2.93. The molecule has 5 nitrogen and oxygen atoms in total. The van der Waals surface area contributed by atoms with Crippen molar-refractivity contribution < 1.29 is 14.3 Å². The minimum atomic E-state index is -0.896. The van der Waals surface area contributed by atoms with Gasteiger partial charge in [0.1, 0.15) is 0 Å². The predicted octanol–water partition coefficient (Wildman–Crippen LogP) is 1.34. The van der Waals surface area contributed by atoms with Gasteiger partial charge in [-0.15, -0.1) is 0 Å². The molecule has 1 aliphatic rings. The van der Waals surface area contributed by atoms with Gasteiger partial charge in [0.2, 0.25) is 6.10 Å². The van der Waals surface area contributed by atoms with Crippen molar-refractivity contribution in [1.29, 1.82) is 0 Å². The van der Waals surface area contributed by atoms with Crippen LogP contribution in [-0.4, -0.2) is 23.7 Å². The number of esters is 1. The van der Waals surface area contributed by atoms with E-state index in [1.807, 2.05) is 18.2 Å². The molecule has 1 heterocycles. The Morgan fingerprint density at radius 2 is 2.00 bits per heavy atom. The maximum Gasteiger partial charge on any atom is 0.303 e. The molecule has 5 heteroatoms. The molecule has 0 radical (unpaired) electrons. The first-order valence-corrected chi connectivity index (χ1v) is 5.21. The van der Waals surface area contributed by atoms with Crippen molar-refractivity contribution in [3.05, 3.63) is 30.3 Å². The quantitative estimate of drug-likeness (QED) is 0.723. The number of anilines is 1. The Morgan fingerprint density at radius 3 is 2.59 bits per heavy atom. The molecule has 0 N–H and O–H groups in total. The number of hydrazone groups is 1. The lowest BCUT2D eigenvalue weighted by molar-refractivity contribution is -0.148. The number of benzene rings is 1. The molecule has 0 aliphatic carbocycles. The maximum atomic E-state index is 12.0. The lowest BCUT2D eigenvalue weighted by Crippen LogP contribution is -2.34. The van der Waals surface area contributed by atoms with Gasteiger partial charge in [-0.05, 0) is 19.1 Å². The molecule has 17 heavy (non-hydrogen) atoms. The minimum Gasteiger partial charge on any atom is -0.446 e. The van der Waals surface area contributed by atoms with Crippen LogP contribution in [0.5, 0.6) is 0 Å². The Morgan fingerprint density at radius 1 is 1.35 bits per heavy atom. The number of ether oxygens (including phenoxy) is 1. The van der Waals surface area contributed by atoms with Crippen molar-refractivity contribution in [3.63, 3.8) is 0 Å². The Labute approximate surface area is 98.7 Å². The highest BCUT2D eigenvalue weighted by molar-refractivity contribution is 6.17. The Balaban J connectivity index is 2.24. The van der Waals surface area contributed by atoms with Crippen LogP contribution in [0.2, 0.25) is 0 Å². The second-order valence-electron chi connectivity index (χ2n) is 3.72. The highest BCUT2D eigenvalue weighted by Crippen LogP contribution is 2.21. The second kappa shape index (κ2) is 4.37. The van der Waals surface area contributed by atoms with Gasteiger partial charge in [-0.1, -0.05) is 18.2 Å². The lowest BCUT2D eigenvalue weighted by Gasteiger charge is -2.13. The predicted molar refractivity (Wildman–Crippen MR) is 62.6 cm³/mol. The molecule has 1 aliphatic heterocycles. The highest BCUT2D eigenvalue weighted by atomic mass is 16.5. The van der Waals surface area contributed by atoms with Crippen LogP contribution < -0.4 is 5.01 Å². The average molecular weight is 232 g/mol. The summed E-state index contributed by atoms with van der Waals surface area (Å²) in [6.07, 6.45) is -0.896. The van der Waals surface area contributed by atoms with E-state index in [0.717, 1.165) is 0 Å². The molecule has 1 amide bonds. The van der Waals surface area contributed by atoms with E-state index in [1.165, 1.54) is 11.9 Å². The van der Waals surface area contributed by atoms with E-state index in [9.17, 15) is 9.59 Å². The molecule has 0 unspecified atom stereocenters. The number of amides is 1. The second-order valence-corrected chi connectivity index (χ2v) is 3.72. The normalized spacial score (nSPS) is 19.2. The molecule has 0 spiro atoms. The highest BCUT2D eigenvalue weighted by Gasteiger charge is 2.36. The number of hydrogen-bond donors (Lipinski definition) is 0. The number of para-hydroxylation sites is 1. The third-order valence-electron chi connectivity index (χ3n) is 2.35. The zero-order valence-corrected chi connectivity index (χ0v) is 9.58. The fourth-order valence-corrected chi connectivity index (χ4v) is 1.61. The van der Waals surface area contributed by atoms with Gasteiger partial charge in [0.25, 0.3) is 5.91 Å². The summed E-state index contributed by atoms with van der Waals surface area (Å²) < 4.78 is 4.93. The molecule has 1 aromatic rings. The molecule has 0 saturated carbocycles. The topological polar surface area (TPSA) is 59.0 Å². The first-order chi connectivity index (χ1) is 8.09. The van der Waals surface area contributed by atoms with Crippen molar-refractivity contribution in [3.8, 4) is 0 Å². The van der Waals surface area contributed by atoms with Gasteiger partial charge in [-0.2, -0.15) is 10.1 Å². The van der Waals surface area contributed by atoms with Gasteiger partial charge in [0.05, 0.1) is 11.4 Å². The summed E-state index contributed by atoms with van der Waals surface area (Å²) in [5.74, 6) is -0.836. The molecule has 88 valence electrons. The summed E-state index contributed by atoms with van der Waals surface area (Å²) in [5, 5.41) is 5.35. The molecule has 0 fully saturated rings. The van der Waals surface area contributed by atoms with Crippen LogP contribution in [0.3, 0.4) is 0 Å². The van der Waals surface area contributed by atoms with E-state index in [0.29, 0.717) is 11.4 Å². The summed E-state index contributed by atoms with van der Waals surface area (Å²) in [6, 6.07) is 9.01. The molecular weight excluding hydrogens is 220 g/mol. The SMILES string of the molecule is CC(=O)O[C@@H]1C(=O)N(c2ccccc2)N=C1C. The van der Waals surface area contributed by atoms with Crippen LogP contribution in [-0.2, 0) is 14.3 Å². The third kappa shape index (κ3) is 2.18. The zero-order valence-electron chi connectivity index (χ0n) is 9.58. The molecule has 0 aromatic heterocycles. The van der Waals surface area contributed by atoms with E-state index >= 15 is 0 Å². The lowest BCUT2D eigenvalue weighted by atomic mass is 10.2. The molecule has 1 aromatic carbocycles. The monoisotopic (exact) mass is 232 g/mol. The number of nitrogens with zero attached hydrogens (tertiary/aromatic N) is 2. The number of rotatable bonds is 2. The first-order valence-electron chi connectivity index (χ1n) is 5.21. The number of carbonyl (C=O) groups is 2. The summed E-state index contributed by atoms with van der Waals surface area (Å²) in [4.78, 5) is 22.9. The minimum absolute atomic E-state index is 0.344. The van der Waals surface area contributed by atoms with Crippen LogP contribution >= 0.6 is 0 Å². The molecule has 1 atom stereocenters. The first kappa shape index (κ1) is 11.3. The largest absolute Gasteiger partial charge is 0.446 e. The summed E-state index contributed by atoms with van der Waals surface area (Å²) >= 11 is 0. The van der Waals surface area contributed by atoms with Crippen molar-refractivity contribution in [2.24, 2.45) is 5.10 Å². The Bertz CT molecular complexity index is 482. The van der Waals surface area contributed by atoms with E-state index in [-0.39, 0.29) is 5.91 Å². The molecule has 0 saturated heterocycles. The van der Waals surface area contributed by atoms with Crippen LogP contribution in [0.1, 0.15) is 13.8 Å². The average Bonchev–Trinajstić information content (AvgIpc) is 2.58. The standard InChI is InChI=1S/C12H12N2O3/c1-8-11(17-9(2)15)12(16)14(13-8)10-6-4-3-5-7-10/h3-7,11H,1-2H3/t11-/m0/s1. The van der Waals surface area contributed by atoms with Crippen LogP contribution in [0.25, 0.3) is 0 Å². The van der Waals surface area contributed by atoms with E-state index < -0.39 is 12.1 Å². The van der Waals surface area contributed by atoms with Gasteiger partial charge in [0, 0.05) is 6.92 Å². The molecule has 2 rings (SSSR count). The van der Waals surface area contributed by atoms with Gasteiger partial charge < -0.3 is 4.74 Å². The van der Waals surface area contributed by atoms with Gasteiger partial charge in [-0.25, -0.2) is 0 Å². The van der Waals surface area contributed by atoms with Crippen LogP contribution in [0.15, 0.2) is 35.4 Å². The summed E-state index contributed by atoms with van der Waals surface area (Å²) in [7, 11) is 0. The zero-order chi connectivity index (χ0) is 12.4. The fourth-order valence-electron chi connectivity index (χ4n) is 1.61. The van der Waals surface area contributed by atoms with Crippen LogP contribution in [0.4, 0.5) is 5.69 Å². The van der Waals surface area contributed by atoms with Crippen molar-refractivity contribution in [2.45, 2.75) is 20.0 Å². The smallest absolute Gasteiger partial charge is 0.303 e. The molecule has 0 bridgehead atoms. The number of hydrogen-bond acceptors (Lipinski definition) is 4. The van der Waals surface area contributed by atoms with Gasteiger partial charge >= 0.3 is 5.97 Å². The Kier molecular flexibility index (Phi) is 2.91. The van der Waals surface area contributed by atoms with Gasteiger partial charge in [-0.3, -0.25) is 9.59 Å². The van der Waals surface area contributed by atoms with Gasteiger partial charge in [0.15, 0.2) is 0 Å². The van der Waals surface area contributed by atoms with E-state index in [2.05, 4.69) is 5.10 Å². The van der Waals surface area contributed by atoms with Crippen LogP contribution in [0, 0.1) is 0 Å². The fraction of sp³-hybridized carbons (Fsp3) is 0.250. The third-order valence-corrected chi connectivity index (χ3v) is 2.35. The van der Waals surface area contributed by atoms with E-state index in [4.69, 9.17) is 4.74 Å². The number of carbonyl (C=O) groups excluding carboxylic acids is 2. The van der Waals surface area contributed by atoms with Crippen molar-refractivity contribution in [2.75, 3.05) is 5.01 Å². The van der Waals surface area contributed by atoms with Crippen molar-refractivity contribution in [1.82, 2.24) is 0 Å². The Hall–Kier alpha value is -2.17.